The average Bonchev–Trinajstić information content (AvgIpc) is 2.41. The minimum absolute atomic E-state index is 0.0722. The van der Waals surface area contributed by atoms with Gasteiger partial charge in [0.1, 0.15) is 5.82 Å². The summed E-state index contributed by atoms with van der Waals surface area (Å²) in [6.45, 7) is 2.89. The summed E-state index contributed by atoms with van der Waals surface area (Å²) in [5.41, 5.74) is 0.0722. The van der Waals surface area contributed by atoms with Gasteiger partial charge < -0.3 is 10.0 Å². The molecule has 3 nitrogen and oxygen atoms in total. The maximum absolute atomic E-state index is 13.7. The fraction of sp³-hybridized carbons (Fsp3) is 0.500. The summed E-state index contributed by atoms with van der Waals surface area (Å²) in [6, 6.07) is 4.24. The molecule has 1 aliphatic rings. The van der Waals surface area contributed by atoms with Gasteiger partial charge in [-0.25, -0.2) is 4.39 Å². The molecule has 1 heterocycles. The third-order valence-electron chi connectivity index (χ3n) is 3.69. The molecule has 1 aromatic rings. The van der Waals surface area contributed by atoms with Gasteiger partial charge >= 0.3 is 0 Å². The number of halogens is 1. The lowest BCUT2D eigenvalue weighted by Gasteiger charge is -2.33. The molecule has 0 aromatic heterocycles. The molecule has 0 saturated carbocycles. The number of hydrogen-bond acceptors (Lipinski definition) is 3. The van der Waals surface area contributed by atoms with Crippen LogP contribution in [0.5, 0.6) is 0 Å². The Labute approximate surface area is 117 Å². The smallest absolute Gasteiger partial charge is 0.256 e. The molecule has 1 amide bonds. The molecule has 0 radical (unpaired) electrons. The summed E-state index contributed by atoms with van der Waals surface area (Å²) >= 11 is 4.13. The zero-order chi connectivity index (χ0) is 14.0. The number of carbonyl (C=O) groups excluding carboxylic acids is 1. The van der Waals surface area contributed by atoms with E-state index in [0.717, 1.165) is 12.8 Å². The van der Waals surface area contributed by atoms with Gasteiger partial charge in [-0.3, -0.25) is 4.79 Å². The van der Waals surface area contributed by atoms with Gasteiger partial charge in [0.2, 0.25) is 0 Å². The molecule has 1 fully saturated rings. The molecule has 1 aliphatic heterocycles. The van der Waals surface area contributed by atoms with E-state index in [9.17, 15) is 14.3 Å². The van der Waals surface area contributed by atoms with Crippen LogP contribution in [0.4, 0.5) is 4.39 Å². The maximum atomic E-state index is 13.7. The van der Waals surface area contributed by atoms with E-state index in [1.165, 1.54) is 18.2 Å². The van der Waals surface area contributed by atoms with Gasteiger partial charge in [0.25, 0.3) is 5.91 Å². The normalized spacial score (nSPS) is 18.4. The monoisotopic (exact) mass is 283 g/mol. The molecule has 5 heteroatoms. The highest BCUT2D eigenvalue weighted by atomic mass is 32.1. The van der Waals surface area contributed by atoms with Crippen molar-refractivity contribution in [2.24, 2.45) is 5.92 Å². The number of likely N-dealkylation sites (tertiary alicyclic amines) is 1. The van der Waals surface area contributed by atoms with Crippen LogP contribution in [0.2, 0.25) is 0 Å². The molecule has 1 aromatic carbocycles. The third kappa shape index (κ3) is 3.28. The fourth-order valence-electron chi connectivity index (χ4n) is 2.43. The van der Waals surface area contributed by atoms with Crippen molar-refractivity contribution in [2.75, 3.05) is 13.1 Å². The lowest BCUT2D eigenvalue weighted by atomic mass is 9.92. The van der Waals surface area contributed by atoms with Crippen LogP contribution in [0.15, 0.2) is 23.1 Å². The summed E-state index contributed by atoms with van der Waals surface area (Å²) in [4.78, 5) is 14.5. The lowest BCUT2D eigenvalue weighted by molar-refractivity contribution is 0.0517. The zero-order valence-electron chi connectivity index (χ0n) is 10.8. The van der Waals surface area contributed by atoms with Crippen molar-refractivity contribution in [3.63, 3.8) is 0 Å². The van der Waals surface area contributed by atoms with Crippen LogP contribution in [0, 0.1) is 11.7 Å². The average molecular weight is 283 g/mol. The number of thiol groups is 1. The van der Waals surface area contributed by atoms with Gasteiger partial charge in [0.05, 0.1) is 11.7 Å². The van der Waals surface area contributed by atoms with Crippen LogP contribution in [0.25, 0.3) is 0 Å². The lowest BCUT2D eigenvalue weighted by Crippen LogP contribution is -2.41. The summed E-state index contributed by atoms with van der Waals surface area (Å²) in [5, 5.41) is 9.53. The van der Waals surface area contributed by atoms with Crippen molar-refractivity contribution in [3.05, 3.63) is 29.6 Å². The number of aliphatic hydroxyl groups is 1. The van der Waals surface area contributed by atoms with Gasteiger partial charge in [-0.2, -0.15) is 0 Å². The first-order valence-corrected chi connectivity index (χ1v) is 6.89. The predicted molar refractivity (Wildman–Crippen MR) is 74.0 cm³/mol. The number of amides is 1. The molecule has 1 saturated heterocycles. The van der Waals surface area contributed by atoms with Gasteiger partial charge in [0, 0.05) is 18.0 Å². The van der Waals surface area contributed by atoms with Gasteiger partial charge in [-0.1, -0.05) is 0 Å². The van der Waals surface area contributed by atoms with Crippen molar-refractivity contribution < 1.29 is 14.3 Å². The summed E-state index contributed by atoms with van der Waals surface area (Å²) in [7, 11) is 0. The van der Waals surface area contributed by atoms with E-state index in [4.69, 9.17) is 0 Å². The molecular weight excluding hydrogens is 265 g/mol. The standard InChI is InChI=1S/C14H18FNO2S/c1-9(17)10-4-6-16(7-5-10)14(18)12-8-11(19)2-3-13(12)15/h2-3,8-10,17,19H,4-7H2,1H3. The Hall–Kier alpha value is -1.07. The molecule has 1 atom stereocenters. The molecule has 2 rings (SSSR count). The predicted octanol–water partition coefficient (Wildman–Crippen LogP) is 2.35. The topological polar surface area (TPSA) is 40.5 Å². The van der Waals surface area contributed by atoms with Crippen LogP contribution in [-0.2, 0) is 0 Å². The number of rotatable bonds is 2. The van der Waals surface area contributed by atoms with Crippen molar-refractivity contribution in [1.82, 2.24) is 4.90 Å². The molecule has 19 heavy (non-hydrogen) atoms. The van der Waals surface area contributed by atoms with Crippen LogP contribution in [0.3, 0.4) is 0 Å². The van der Waals surface area contributed by atoms with E-state index in [1.54, 1.807) is 11.8 Å². The van der Waals surface area contributed by atoms with Crippen LogP contribution in [0.1, 0.15) is 30.1 Å². The highest BCUT2D eigenvalue weighted by molar-refractivity contribution is 7.80. The van der Waals surface area contributed by atoms with Gasteiger partial charge in [-0.15, -0.1) is 12.6 Å². The van der Waals surface area contributed by atoms with Crippen molar-refractivity contribution in [3.8, 4) is 0 Å². The first kappa shape index (κ1) is 14.3. The van der Waals surface area contributed by atoms with Crippen LogP contribution in [-0.4, -0.2) is 35.1 Å². The van der Waals surface area contributed by atoms with E-state index in [-0.39, 0.29) is 23.5 Å². The second-order valence-electron chi connectivity index (χ2n) is 5.03. The van der Waals surface area contributed by atoms with Gasteiger partial charge in [-0.05, 0) is 43.9 Å². The Morgan fingerprint density at radius 1 is 1.47 bits per heavy atom. The second-order valence-corrected chi connectivity index (χ2v) is 5.55. The zero-order valence-corrected chi connectivity index (χ0v) is 11.7. The number of carbonyl (C=O) groups is 1. The minimum Gasteiger partial charge on any atom is -0.393 e. The van der Waals surface area contributed by atoms with Crippen LogP contribution >= 0.6 is 12.6 Å². The molecule has 0 bridgehead atoms. The highest BCUT2D eigenvalue weighted by Crippen LogP contribution is 2.23. The first-order chi connectivity index (χ1) is 8.99. The summed E-state index contributed by atoms with van der Waals surface area (Å²) in [5.74, 6) is -0.581. The Kier molecular flexibility index (Phi) is 4.47. The Balaban J connectivity index is 2.07. The Bertz CT molecular complexity index is 471. The Morgan fingerprint density at radius 3 is 2.68 bits per heavy atom. The van der Waals surface area contributed by atoms with E-state index < -0.39 is 5.82 Å². The van der Waals surface area contributed by atoms with E-state index in [1.807, 2.05) is 0 Å². The SMILES string of the molecule is CC(O)C1CCN(C(=O)c2cc(S)ccc2F)CC1. The highest BCUT2D eigenvalue weighted by Gasteiger charge is 2.27. The van der Waals surface area contributed by atoms with Crippen molar-refractivity contribution >= 4 is 18.5 Å². The van der Waals surface area contributed by atoms with Crippen molar-refractivity contribution in [2.45, 2.75) is 30.8 Å². The number of hydrogen-bond donors (Lipinski definition) is 2. The number of benzene rings is 1. The number of aliphatic hydroxyl groups excluding tert-OH is 1. The van der Waals surface area contributed by atoms with Crippen molar-refractivity contribution in [1.29, 1.82) is 0 Å². The molecule has 0 spiro atoms. The van der Waals surface area contributed by atoms with E-state index in [2.05, 4.69) is 12.6 Å². The number of nitrogens with zero attached hydrogens (tertiary/aromatic N) is 1. The molecule has 104 valence electrons. The quantitative estimate of drug-likeness (QED) is 0.818. The van der Waals surface area contributed by atoms with E-state index >= 15 is 0 Å². The third-order valence-corrected chi connectivity index (χ3v) is 3.97. The van der Waals surface area contributed by atoms with Crippen LogP contribution < -0.4 is 0 Å². The minimum atomic E-state index is -0.513. The fourth-order valence-corrected chi connectivity index (χ4v) is 2.64. The summed E-state index contributed by atoms with van der Waals surface area (Å²) in [6.07, 6.45) is 1.16. The maximum Gasteiger partial charge on any atom is 0.256 e. The molecule has 0 aliphatic carbocycles. The number of piperidine rings is 1. The Morgan fingerprint density at radius 2 is 2.11 bits per heavy atom. The second kappa shape index (κ2) is 5.92. The molecule has 1 N–H and O–H groups in total. The van der Waals surface area contributed by atoms with E-state index in [0.29, 0.717) is 18.0 Å². The molecular formula is C14H18FNO2S. The first-order valence-electron chi connectivity index (χ1n) is 6.45. The van der Waals surface area contributed by atoms with Gasteiger partial charge in [0.15, 0.2) is 0 Å². The summed E-state index contributed by atoms with van der Waals surface area (Å²) < 4.78 is 13.7. The largest absolute Gasteiger partial charge is 0.393 e. The molecule has 1 unspecified atom stereocenters.